The lowest BCUT2D eigenvalue weighted by Crippen LogP contribution is -2.00. The molecule has 0 atom stereocenters. The van der Waals surface area contributed by atoms with Crippen LogP contribution >= 0.6 is 15.9 Å². The molecule has 0 aromatic heterocycles. The number of anilines is 1. The second-order valence-electron chi connectivity index (χ2n) is 2.82. The zero-order valence-corrected chi connectivity index (χ0v) is 8.43. The molecule has 0 radical (unpaired) electrons. The Hall–Kier alpha value is -1.03. The molecule has 1 aliphatic heterocycles. The highest BCUT2D eigenvalue weighted by atomic mass is 79.9. The lowest BCUT2D eigenvalue weighted by atomic mass is 10.1. The van der Waals surface area contributed by atoms with Gasteiger partial charge in [0.05, 0.1) is 6.61 Å². The molecule has 0 unspecified atom stereocenters. The zero-order chi connectivity index (χ0) is 9.26. The van der Waals surface area contributed by atoms with Gasteiger partial charge >= 0.3 is 0 Å². The molecule has 0 saturated heterocycles. The number of benzene rings is 1. The number of nitrogens with one attached hydrogen (secondary N) is 1. The number of carbonyl (C=O) groups excluding carboxylic acids is 1. The van der Waals surface area contributed by atoms with Gasteiger partial charge in [-0.2, -0.15) is 0 Å². The summed E-state index contributed by atoms with van der Waals surface area (Å²) in [4.78, 5) is 10.5. The van der Waals surface area contributed by atoms with E-state index < -0.39 is 0 Å². The molecule has 0 fully saturated rings. The van der Waals surface area contributed by atoms with Gasteiger partial charge in [0, 0.05) is 28.0 Å². The minimum atomic E-state index is -0.230. The smallest absolute Gasteiger partial charge is 0.291 e. The third-order valence-corrected chi connectivity index (χ3v) is 2.13. The van der Waals surface area contributed by atoms with Crippen LogP contribution in [-0.2, 0) is 6.42 Å². The molecule has 1 aromatic carbocycles. The van der Waals surface area contributed by atoms with Crippen LogP contribution in [-0.4, -0.2) is 11.4 Å². The fourth-order valence-corrected chi connectivity index (χ4v) is 1.61. The van der Waals surface area contributed by atoms with E-state index in [0.29, 0.717) is 0 Å². The zero-order valence-electron chi connectivity index (χ0n) is 6.84. The van der Waals surface area contributed by atoms with Crippen LogP contribution in [0.4, 0.5) is 10.5 Å². The number of ether oxygens (including phenoxy) is 1. The summed E-state index contributed by atoms with van der Waals surface area (Å²) in [6.07, 6.45) is 0.918. The Morgan fingerprint density at radius 1 is 1.54 bits per heavy atom. The van der Waals surface area contributed by atoms with Crippen molar-refractivity contribution in [3.05, 3.63) is 23.8 Å². The third-order valence-electron chi connectivity index (χ3n) is 1.93. The number of amides is 1. The molecule has 1 heterocycles. The van der Waals surface area contributed by atoms with Gasteiger partial charge in [0.15, 0.2) is 0 Å². The summed E-state index contributed by atoms with van der Waals surface area (Å²) in [5.74, 6) is 0.924. The molecule has 0 bridgehead atoms. The molecule has 3 nitrogen and oxygen atoms in total. The summed E-state index contributed by atoms with van der Waals surface area (Å²) in [5.41, 5.74) is 1.95. The van der Waals surface area contributed by atoms with Crippen LogP contribution in [0.2, 0.25) is 0 Å². The van der Waals surface area contributed by atoms with Crippen LogP contribution in [0.5, 0.6) is 5.75 Å². The molecule has 68 valence electrons. The van der Waals surface area contributed by atoms with Crippen molar-refractivity contribution in [3.63, 3.8) is 0 Å². The van der Waals surface area contributed by atoms with Crippen molar-refractivity contribution in [2.75, 3.05) is 11.9 Å². The number of hydrogen-bond donors (Lipinski definition) is 1. The average molecular weight is 242 g/mol. The number of carbonyl (C=O) groups is 1. The average Bonchev–Trinajstić information content (AvgIpc) is 2.49. The van der Waals surface area contributed by atoms with E-state index in [1.807, 2.05) is 18.2 Å². The van der Waals surface area contributed by atoms with Crippen molar-refractivity contribution >= 4 is 26.4 Å². The first-order valence-corrected chi connectivity index (χ1v) is 4.77. The Bertz CT molecular complexity index is 351. The molecule has 13 heavy (non-hydrogen) atoms. The number of rotatable bonds is 1. The van der Waals surface area contributed by atoms with Crippen molar-refractivity contribution in [1.82, 2.24) is 0 Å². The number of halogens is 1. The minimum absolute atomic E-state index is 0.230. The predicted molar refractivity (Wildman–Crippen MR) is 53.6 cm³/mol. The van der Waals surface area contributed by atoms with E-state index in [9.17, 15) is 4.79 Å². The molecule has 4 heteroatoms. The first-order chi connectivity index (χ1) is 6.25. The van der Waals surface area contributed by atoms with E-state index in [2.05, 4.69) is 21.2 Å². The molecular formula is C9H8BrNO2. The van der Waals surface area contributed by atoms with Crippen molar-refractivity contribution in [1.29, 1.82) is 0 Å². The van der Waals surface area contributed by atoms with E-state index in [4.69, 9.17) is 4.74 Å². The highest BCUT2D eigenvalue weighted by Gasteiger charge is 2.12. The second kappa shape index (κ2) is 3.38. The quantitative estimate of drug-likeness (QED) is 0.607. The van der Waals surface area contributed by atoms with Crippen LogP contribution in [0.3, 0.4) is 0 Å². The maximum Gasteiger partial charge on any atom is 0.291 e. The standard InChI is InChI=1S/C9H8BrNO2/c10-9(12)11-7-1-2-8-6(5-7)3-4-13-8/h1-2,5H,3-4H2,(H,11,12). The van der Waals surface area contributed by atoms with E-state index in [1.54, 1.807) is 0 Å². The molecule has 1 aromatic rings. The van der Waals surface area contributed by atoms with Gasteiger partial charge in [-0.3, -0.25) is 4.79 Å². The Morgan fingerprint density at radius 3 is 3.15 bits per heavy atom. The van der Waals surface area contributed by atoms with Crippen LogP contribution in [0.1, 0.15) is 5.56 Å². The Morgan fingerprint density at radius 2 is 2.38 bits per heavy atom. The van der Waals surface area contributed by atoms with Gasteiger partial charge in [-0.05, 0) is 23.8 Å². The summed E-state index contributed by atoms with van der Waals surface area (Å²) in [5, 5.41) is 2.66. The van der Waals surface area contributed by atoms with Crippen molar-refractivity contribution in [2.24, 2.45) is 0 Å². The first kappa shape index (κ1) is 8.56. The molecule has 0 aliphatic carbocycles. The Balaban J connectivity index is 2.25. The van der Waals surface area contributed by atoms with Crippen LogP contribution in [0, 0.1) is 0 Å². The van der Waals surface area contributed by atoms with Crippen LogP contribution < -0.4 is 10.1 Å². The van der Waals surface area contributed by atoms with Gasteiger partial charge in [0.2, 0.25) is 0 Å². The fourth-order valence-electron chi connectivity index (χ4n) is 1.38. The van der Waals surface area contributed by atoms with E-state index >= 15 is 0 Å². The summed E-state index contributed by atoms with van der Waals surface area (Å²) >= 11 is 2.81. The monoisotopic (exact) mass is 241 g/mol. The fraction of sp³-hybridized carbons (Fsp3) is 0.222. The van der Waals surface area contributed by atoms with E-state index in [0.717, 1.165) is 30.0 Å². The van der Waals surface area contributed by atoms with Gasteiger partial charge < -0.3 is 10.1 Å². The predicted octanol–water partition coefficient (Wildman–Crippen LogP) is 2.55. The van der Waals surface area contributed by atoms with Gasteiger partial charge in [-0.25, -0.2) is 0 Å². The lowest BCUT2D eigenvalue weighted by molar-refractivity contribution is 0.270. The molecule has 1 aliphatic rings. The first-order valence-electron chi connectivity index (χ1n) is 3.98. The van der Waals surface area contributed by atoms with Gasteiger partial charge in [0.1, 0.15) is 5.75 Å². The molecule has 0 spiro atoms. The SMILES string of the molecule is O=C(Br)Nc1ccc2c(c1)CCO2. The molecule has 0 saturated carbocycles. The van der Waals surface area contributed by atoms with E-state index in [1.165, 1.54) is 0 Å². The van der Waals surface area contributed by atoms with Crippen molar-refractivity contribution in [2.45, 2.75) is 6.42 Å². The number of hydrogen-bond acceptors (Lipinski definition) is 2. The lowest BCUT2D eigenvalue weighted by Gasteiger charge is -2.02. The molecule has 1 N–H and O–H groups in total. The van der Waals surface area contributed by atoms with Gasteiger partial charge in [0.25, 0.3) is 4.82 Å². The Kier molecular flexibility index (Phi) is 2.22. The maximum atomic E-state index is 10.7. The summed E-state index contributed by atoms with van der Waals surface area (Å²) in [6.45, 7) is 0.737. The van der Waals surface area contributed by atoms with Crippen LogP contribution in [0.15, 0.2) is 18.2 Å². The highest BCUT2D eigenvalue weighted by molar-refractivity contribution is 9.18. The van der Waals surface area contributed by atoms with Gasteiger partial charge in [-0.15, -0.1) is 0 Å². The van der Waals surface area contributed by atoms with Crippen molar-refractivity contribution < 1.29 is 9.53 Å². The summed E-state index contributed by atoms with van der Waals surface area (Å²) in [6, 6.07) is 5.63. The summed E-state index contributed by atoms with van der Waals surface area (Å²) in [7, 11) is 0. The molecule has 2 rings (SSSR count). The molecular weight excluding hydrogens is 234 g/mol. The van der Waals surface area contributed by atoms with Crippen molar-refractivity contribution in [3.8, 4) is 5.75 Å². The maximum absolute atomic E-state index is 10.7. The van der Waals surface area contributed by atoms with Crippen LogP contribution in [0.25, 0.3) is 0 Å². The largest absolute Gasteiger partial charge is 0.493 e. The molecule has 1 amide bonds. The topological polar surface area (TPSA) is 38.3 Å². The van der Waals surface area contributed by atoms with E-state index in [-0.39, 0.29) is 4.82 Å². The Labute approximate surface area is 84.2 Å². The normalized spacial score (nSPS) is 13.3. The number of fused-ring (bicyclic) bond motifs is 1. The highest BCUT2D eigenvalue weighted by Crippen LogP contribution is 2.27. The van der Waals surface area contributed by atoms with Gasteiger partial charge in [-0.1, -0.05) is 0 Å². The second-order valence-corrected chi connectivity index (χ2v) is 3.54. The minimum Gasteiger partial charge on any atom is -0.493 e. The third kappa shape index (κ3) is 1.83. The summed E-state index contributed by atoms with van der Waals surface area (Å²) < 4.78 is 5.33.